The van der Waals surface area contributed by atoms with E-state index in [1.54, 1.807) is 12.1 Å². The number of methoxy groups -OCH3 is 1. The number of rotatable bonds is 4. The molecule has 5 heteroatoms. The first kappa shape index (κ1) is 12.4. The summed E-state index contributed by atoms with van der Waals surface area (Å²) in [6, 6.07) is 5.99. The summed E-state index contributed by atoms with van der Waals surface area (Å²) in [5.41, 5.74) is 0.635. The number of ether oxygens (including phenoxy) is 1. The second-order valence-electron chi connectivity index (χ2n) is 3.20. The molecule has 0 saturated heterocycles. The third-order valence-electron chi connectivity index (χ3n) is 2.13. The van der Waals surface area contributed by atoms with Crippen molar-refractivity contribution in [2.45, 2.75) is 12.2 Å². The lowest BCUT2D eigenvalue weighted by atomic mass is 10.0. The predicted molar refractivity (Wildman–Crippen MR) is 54.8 cm³/mol. The Labute approximate surface area is 92.3 Å². The second kappa shape index (κ2) is 5.39. The van der Waals surface area contributed by atoms with Crippen LogP contribution in [-0.2, 0) is 9.53 Å². The molecule has 0 aliphatic heterocycles. The van der Waals surface area contributed by atoms with Crippen molar-refractivity contribution in [3.63, 3.8) is 0 Å². The molecule has 2 N–H and O–H groups in total. The average Bonchev–Trinajstić information content (AvgIpc) is 2.36. The summed E-state index contributed by atoms with van der Waals surface area (Å²) in [6.45, 7) is 0. The highest BCUT2D eigenvalue weighted by atomic mass is 16.5. The van der Waals surface area contributed by atoms with E-state index in [0.29, 0.717) is 11.8 Å². The molecule has 0 aliphatic carbocycles. The van der Waals surface area contributed by atoms with Crippen molar-refractivity contribution >= 4 is 12.3 Å². The Kier molecular flexibility index (Phi) is 4.16. The minimum atomic E-state index is -1.66. The highest BCUT2D eigenvalue weighted by molar-refractivity contribution is 5.76. The van der Waals surface area contributed by atoms with Gasteiger partial charge >= 0.3 is 5.97 Å². The summed E-state index contributed by atoms with van der Waals surface area (Å²) in [7, 11) is 1.11. The summed E-state index contributed by atoms with van der Waals surface area (Å²) in [4.78, 5) is 21.5. The van der Waals surface area contributed by atoms with E-state index in [9.17, 15) is 19.8 Å². The summed E-state index contributed by atoms with van der Waals surface area (Å²) < 4.78 is 4.29. The number of hydrogen-bond acceptors (Lipinski definition) is 5. The van der Waals surface area contributed by atoms with Crippen LogP contribution in [-0.4, -0.2) is 35.7 Å². The number of aldehydes is 1. The highest BCUT2D eigenvalue weighted by Crippen LogP contribution is 2.18. The molecule has 86 valence electrons. The number of carbonyl (C=O) groups is 2. The van der Waals surface area contributed by atoms with Crippen molar-refractivity contribution in [2.75, 3.05) is 7.11 Å². The lowest BCUT2D eigenvalue weighted by Gasteiger charge is -2.16. The Morgan fingerprint density at radius 1 is 1.44 bits per heavy atom. The van der Waals surface area contributed by atoms with E-state index in [1.807, 2.05) is 0 Å². The number of benzene rings is 1. The first-order valence-corrected chi connectivity index (χ1v) is 4.59. The van der Waals surface area contributed by atoms with Crippen LogP contribution in [0.1, 0.15) is 22.0 Å². The van der Waals surface area contributed by atoms with Gasteiger partial charge in [-0.3, -0.25) is 4.79 Å². The summed E-state index contributed by atoms with van der Waals surface area (Å²) >= 11 is 0. The molecule has 0 fully saturated rings. The zero-order valence-corrected chi connectivity index (χ0v) is 8.66. The smallest absolute Gasteiger partial charge is 0.337 e. The van der Waals surface area contributed by atoms with E-state index in [4.69, 9.17) is 0 Å². The molecule has 0 aliphatic rings. The number of esters is 1. The molecule has 0 heterocycles. The van der Waals surface area contributed by atoms with Gasteiger partial charge in [-0.15, -0.1) is 0 Å². The van der Waals surface area contributed by atoms with Crippen molar-refractivity contribution in [2.24, 2.45) is 0 Å². The van der Waals surface area contributed by atoms with Gasteiger partial charge < -0.3 is 14.9 Å². The molecule has 0 spiro atoms. The largest absolute Gasteiger partial charge is 0.467 e. The second-order valence-corrected chi connectivity index (χ2v) is 3.20. The zero-order chi connectivity index (χ0) is 12.1. The first-order chi connectivity index (χ1) is 7.60. The fraction of sp³-hybridized carbons (Fsp3) is 0.273. The Bertz CT molecular complexity index is 388. The Hall–Kier alpha value is -1.72. The quantitative estimate of drug-likeness (QED) is 0.558. The summed E-state index contributed by atoms with van der Waals surface area (Å²) in [5.74, 6) is -0.927. The fourth-order valence-corrected chi connectivity index (χ4v) is 1.25. The van der Waals surface area contributed by atoms with Crippen LogP contribution in [0, 0.1) is 0 Å². The molecule has 0 saturated carbocycles. The fourth-order valence-electron chi connectivity index (χ4n) is 1.25. The average molecular weight is 224 g/mol. The maximum atomic E-state index is 11.0. The van der Waals surface area contributed by atoms with Gasteiger partial charge in [-0.25, -0.2) is 4.79 Å². The van der Waals surface area contributed by atoms with Crippen LogP contribution in [0.2, 0.25) is 0 Å². The van der Waals surface area contributed by atoms with Crippen LogP contribution >= 0.6 is 0 Å². The number of aliphatic hydroxyl groups is 2. The SMILES string of the molecule is COC(=O)C(O)C(O)c1cccc(C=O)c1. The molecule has 1 aromatic rings. The van der Waals surface area contributed by atoms with E-state index in [0.717, 1.165) is 7.11 Å². The topological polar surface area (TPSA) is 83.8 Å². The van der Waals surface area contributed by atoms with E-state index in [-0.39, 0.29) is 5.56 Å². The van der Waals surface area contributed by atoms with E-state index in [1.165, 1.54) is 12.1 Å². The van der Waals surface area contributed by atoms with Gasteiger partial charge in [0.15, 0.2) is 6.10 Å². The van der Waals surface area contributed by atoms with Crippen molar-refractivity contribution < 1.29 is 24.5 Å². The third-order valence-corrected chi connectivity index (χ3v) is 2.13. The van der Waals surface area contributed by atoms with Crippen LogP contribution in [0.3, 0.4) is 0 Å². The Morgan fingerprint density at radius 2 is 2.12 bits per heavy atom. The molecule has 1 rings (SSSR count). The van der Waals surface area contributed by atoms with Crippen LogP contribution in [0.4, 0.5) is 0 Å². The lowest BCUT2D eigenvalue weighted by molar-refractivity contribution is -0.156. The monoisotopic (exact) mass is 224 g/mol. The Balaban J connectivity index is 2.90. The molecule has 2 unspecified atom stereocenters. The molecule has 0 aromatic heterocycles. The summed E-state index contributed by atoms with van der Waals surface area (Å²) in [6.07, 6.45) is -2.46. The van der Waals surface area contributed by atoms with Crippen molar-refractivity contribution in [1.29, 1.82) is 0 Å². The van der Waals surface area contributed by atoms with Crippen molar-refractivity contribution in [3.8, 4) is 0 Å². The molecule has 0 amide bonds. The van der Waals surface area contributed by atoms with Crippen LogP contribution in [0.5, 0.6) is 0 Å². The maximum absolute atomic E-state index is 11.0. The van der Waals surface area contributed by atoms with Crippen LogP contribution in [0.15, 0.2) is 24.3 Å². The van der Waals surface area contributed by atoms with Gasteiger partial charge in [0.1, 0.15) is 12.4 Å². The van der Waals surface area contributed by atoms with E-state index >= 15 is 0 Å². The van der Waals surface area contributed by atoms with Crippen molar-refractivity contribution in [3.05, 3.63) is 35.4 Å². The van der Waals surface area contributed by atoms with Gasteiger partial charge in [0.25, 0.3) is 0 Å². The normalized spacial score (nSPS) is 13.9. The van der Waals surface area contributed by atoms with E-state index in [2.05, 4.69) is 4.74 Å². The minimum Gasteiger partial charge on any atom is -0.467 e. The van der Waals surface area contributed by atoms with Crippen molar-refractivity contribution in [1.82, 2.24) is 0 Å². The number of aliphatic hydroxyl groups excluding tert-OH is 2. The zero-order valence-electron chi connectivity index (χ0n) is 8.66. The number of carbonyl (C=O) groups excluding carboxylic acids is 2. The molecule has 1 aromatic carbocycles. The van der Waals surface area contributed by atoms with Gasteiger partial charge in [-0.05, 0) is 11.6 Å². The minimum absolute atomic E-state index is 0.280. The van der Waals surface area contributed by atoms with Gasteiger partial charge in [0.05, 0.1) is 7.11 Å². The lowest BCUT2D eigenvalue weighted by Crippen LogP contribution is -2.29. The standard InChI is InChI=1S/C11H12O5/c1-16-11(15)10(14)9(13)8-4-2-3-7(5-8)6-12/h2-6,9-10,13-14H,1H3. The first-order valence-electron chi connectivity index (χ1n) is 4.59. The molecular weight excluding hydrogens is 212 g/mol. The van der Waals surface area contributed by atoms with Gasteiger partial charge in [-0.2, -0.15) is 0 Å². The van der Waals surface area contributed by atoms with Gasteiger partial charge in [-0.1, -0.05) is 18.2 Å². The molecule has 0 bridgehead atoms. The van der Waals surface area contributed by atoms with Crippen LogP contribution in [0.25, 0.3) is 0 Å². The molecule has 2 atom stereocenters. The number of hydrogen-bond donors (Lipinski definition) is 2. The predicted octanol–water partition coefficient (Wildman–Crippen LogP) is 0.0664. The Morgan fingerprint density at radius 3 is 2.69 bits per heavy atom. The molecule has 5 nitrogen and oxygen atoms in total. The molecule has 16 heavy (non-hydrogen) atoms. The van der Waals surface area contributed by atoms with E-state index < -0.39 is 18.2 Å². The molecule has 0 radical (unpaired) electrons. The van der Waals surface area contributed by atoms with Crippen LogP contribution < -0.4 is 0 Å². The van der Waals surface area contributed by atoms with Gasteiger partial charge in [0.2, 0.25) is 0 Å². The highest BCUT2D eigenvalue weighted by Gasteiger charge is 2.26. The summed E-state index contributed by atoms with van der Waals surface area (Å²) in [5, 5.41) is 19.0. The molecular formula is C11H12O5. The van der Waals surface area contributed by atoms with Gasteiger partial charge in [0, 0.05) is 5.56 Å². The maximum Gasteiger partial charge on any atom is 0.337 e. The third kappa shape index (κ3) is 2.65.